The number of sulfonamides is 2. The molecule has 0 saturated carbocycles. The maximum absolute atomic E-state index is 13.0. The summed E-state index contributed by atoms with van der Waals surface area (Å²) in [6, 6.07) is 22.5. The summed E-state index contributed by atoms with van der Waals surface area (Å²) in [7, 11) is -7.73. The average molecular weight is 578 g/mol. The molecule has 0 saturated heterocycles. The van der Waals surface area contributed by atoms with Crippen molar-refractivity contribution in [2.45, 2.75) is 4.90 Å². The van der Waals surface area contributed by atoms with Crippen molar-refractivity contribution in [3.05, 3.63) is 95.0 Å². The number of nitrogens with one attached hydrogen (secondary N) is 2. The zero-order chi connectivity index (χ0) is 26.8. The van der Waals surface area contributed by atoms with Gasteiger partial charge < -0.3 is 5.32 Å². The lowest BCUT2D eigenvalue weighted by atomic mass is 10.1. The Labute approximate surface area is 224 Å². The van der Waals surface area contributed by atoms with E-state index in [-0.39, 0.29) is 26.3 Å². The SMILES string of the molecule is CS(=O)(=O)N(CC(=O)Nc1ccc(S(=O)(=O)Nc2cccc3ccccc23)cc1)c1ccc(Cl)c(Cl)c1. The number of anilines is 3. The molecule has 0 aliphatic carbocycles. The smallest absolute Gasteiger partial charge is 0.261 e. The van der Waals surface area contributed by atoms with Crippen LogP contribution in [0.2, 0.25) is 10.0 Å². The molecule has 0 spiro atoms. The van der Waals surface area contributed by atoms with Crippen LogP contribution in [0.4, 0.5) is 17.1 Å². The number of carbonyl (C=O) groups is 1. The van der Waals surface area contributed by atoms with Crippen LogP contribution in [0.15, 0.2) is 89.8 Å². The molecule has 2 N–H and O–H groups in total. The molecular weight excluding hydrogens is 557 g/mol. The Morgan fingerprint density at radius 3 is 2.19 bits per heavy atom. The lowest BCUT2D eigenvalue weighted by Crippen LogP contribution is -2.37. The maximum Gasteiger partial charge on any atom is 0.261 e. The van der Waals surface area contributed by atoms with E-state index in [0.29, 0.717) is 5.69 Å². The van der Waals surface area contributed by atoms with Crippen molar-refractivity contribution in [3.63, 3.8) is 0 Å². The zero-order valence-electron chi connectivity index (χ0n) is 19.4. The molecule has 37 heavy (non-hydrogen) atoms. The Kier molecular flexibility index (Phi) is 7.65. The third kappa shape index (κ3) is 6.34. The quantitative estimate of drug-likeness (QED) is 0.293. The number of halogens is 2. The van der Waals surface area contributed by atoms with E-state index in [2.05, 4.69) is 10.0 Å². The molecule has 0 bridgehead atoms. The van der Waals surface area contributed by atoms with E-state index in [9.17, 15) is 21.6 Å². The largest absolute Gasteiger partial charge is 0.325 e. The van der Waals surface area contributed by atoms with Gasteiger partial charge in [-0.1, -0.05) is 59.6 Å². The second-order valence-corrected chi connectivity index (χ2v) is 12.5. The van der Waals surface area contributed by atoms with Crippen LogP contribution in [0.3, 0.4) is 0 Å². The molecule has 0 aromatic heterocycles. The summed E-state index contributed by atoms with van der Waals surface area (Å²) in [4.78, 5) is 12.6. The van der Waals surface area contributed by atoms with Crippen molar-refractivity contribution < 1.29 is 21.6 Å². The number of rotatable bonds is 8. The standard InChI is InChI=1S/C25H21Cl2N3O5S2/c1-36(32,33)30(19-11-14-22(26)23(27)15-19)16-25(31)28-18-9-12-20(13-10-18)37(34,35)29-24-8-4-6-17-5-2-3-7-21(17)24/h2-15,29H,16H2,1H3,(H,28,31). The Hall–Kier alpha value is -3.31. The summed E-state index contributed by atoms with van der Waals surface area (Å²) in [6.45, 7) is -0.528. The summed E-state index contributed by atoms with van der Waals surface area (Å²) in [6.07, 6.45) is 0.964. The minimum absolute atomic E-state index is 0.00741. The first kappa shape index (κ1) is 26.7. The average Bonchev–Trinajstić information content (AvgIpc) is 2.84. The van der Waals surface area contributed by atoms with E-state index >= 15 is 0 Å². The van der Waals surface area contributed by atoms with Gasteiger partial charge in [-0.15, -0.1) is 0 Å². The number of nitrogens with zero attached hydrogens (tertiary/aromatic N) is 1. The predicted molar refractivity (Wildman–Crippen MR) is 148 cm³/mol. The van der Waals surface area contributed by atoms with Crippen LogP contribution >= 0.6 is 23.2 Å². The lowest BCUT2D eigenvalue weighted by Gasteiger charge is -2.22. The summed E-state index contributed by atoms with van der Waals surface area (Å²) in [5.74, 6) is -0.638. The van der Waals surface area contributed by atoms with E-state index in [1.54, 1.807) is 12.1 Å². The van der Waals surface area contributed by atoms with Gasteiger partial charge in [-0.25, -0.2) is 16.8 Å². The van der Waals surface area contributed by atoms with Crippen LogP contribution < -0.4 is 14.3 Å². The van der Waals surface area contributed by atoms with Crippen molar-refractivity contribution in [1.29, 1.82) is 0 Å². The van der Waals surface area contributed by atoms with Crippen LogP contribution in [-0.2, 0) is 24.8 Å². The van der Waals surface area contributed by atoms with Crippen molar-refractivity contribution in [2.75, 3.05) is 27.1 Å². The summed E-state index contributed by atoms with van der Waals surface area (Å²) in [5.41, 5.74) is 0.906. The highest BCUT2D eigenvalue weighted by atomic mass is 35.5. The van der Waals surface area contributed by atoms with Gasteiger partial charge in [0.25, 0.3) is 10.0 Å². The second kappa shape index (κ2) is 10.6. The van der Waals surface area contributed by atoms with Crippen molar-refractivity contribution in [2.24, 2.45) is 0 Å². The molecule has 0 heterocycles. The Balaban J connectivity index is 1.48. The lowest BCUT2D eigenvalue weighted by molar-refractivity contribution is -0.114. The van der Waals surface area contributed by atoms with Gasteiger partial charge in [-0.2, -0.15) is 0 Å². The van der Waals surface area contributed by atoms with Crippen molar-refractivity contribution in [1.82, 2.24) is 0 Å². The molecule has 0 radical (unpaired) electrons. The Bertz CT molecular complexity index is 1690. The molecule has 192 valence electrons. The first-order chi connectivity index (χ1) is 17.4. The van der Waals surface area contributed by atoms with Crippen LogP contribution in [0, 0.1) is 0 Å². The minimum Gasteiger partial charge on any atom is -0.325 e. The third-order valence-electron chi connectivity index (χ3n) is 5.36. The molecule has 0 aliphatic rings. The van der Waals surface area contributed by atoms with E-state index < -0.39 is 32.5 Å². The Morgan fingerprint density at radius 1 is 0.838 bits per heavy atom. The van der Waals surface area contributed by atoms with Crippen molar-refractivity contribution in [3.8, 4) is 0 Å². The van der Waals surface area contributed by atoms with Gasteiger partial charge in [-0.3, -0.25) is 13.8 Å². The molecule has 12 heteroatoms. The number of amides is 1. The maximum atomic E-state index is 13.0. The molecular formula is C25H21Cl2N3O5S2. The molecule has 8 nitrogen and oxygen atoms in total. The summed E-state index contributed by atoms with van der Waals surface area (Å²) < 4.78 is 54.0. The van der Waals surface area contributed by atoms with Crippen LogP contribution in [0.25, 0.3) is 10.8 Å². The van der Waals surface area contributed by atoms with Gasteiger partial charge in [0.15, 0.2) is 0 Å². The van der Waals surface area contributed by atoms with Gasteiger partial charge >= 0.3 is 0 Å². The highest BCUT2D eigenvalue weighted by molar-refractivity contribution is 7.92. The number of carbonyl (C=O) groups excluding carboxylic acids is 1. The second-order valence-electron chi connectivity index (χ2n) is 8.07. The van der Waals surface area contributed by atoms with Gasteiger partial charge in [0.2, 0.25) is 15.9 Å². The molecule has 0 unspecified atom stereocenters. The molecule has 0 fully saturated rings. The molecule has 4 aromatic rings. The van der Waals surface area contributed by atoms with E-state index in [0.717, 1.165) is 21.3 Å². The fraction of sp³-hybridized carbons (Fsp3) is 0.0800. The highest BCUT2D eigenvalue weighted by Crippen LogP contribution is 2.29. The fourth-order valence-electron chi connectivity index (χ4n) is 3.61. The normalized spacial score (nSPS) is 11.8. The third-order valence-corrected chi connectivity index (χ3v) is 8.62. The molecule has 0 atom stereocenters. The number of fused-ring (bicyclic) bond motifs is 1. The summed E-state index contributed by atoms with van der Waals surface area (Å²) in [5, 5.41) is 4.61. The topological polar surface area (TPSA) is 113 Å². The first-order valence-corrected chi connectivity index (χ1v) is 14.9. The van der Waals surface area contributed by atoms with Crippen molar-refractivity contribution >= 4 is 77.0 Å². The minimum atomic E-state index is -3.91. The molecule has 4 aromatic carbocycles. The van der Waals surface area contributed by atoms with E-state index in [1.807, 2.05) is 30.3 Å². The highest BCUT2D eigenvalue weighted by Gasteiger charge is 2.22. The summed E-state index contributed by atoms with van der Waals surface area (Å²) >= 11 is 11.9. The van der Waals surface area contributed by atoms with Crippen LogP contribution in [0.1, 0.15) is 0 Å². The molecule has 4 rings (SSSR count). The van der Waals surface area contributed by atoms with E-state index in [1.165, 1.54) is 42.5 Å². The number of hydrogen-bond acceptors (Lipinski definition) is 5. The molecule has 0 aliphatic heterocycles. The van der Waals surface area contributed by atoms with Gasteiger partial charge in [0.05, 0.1) is 32.6 Å². The number of hydrogen-bond donors (Lipinski definition) is 2. The van der Waals surface area contributed by atoms with Crippen LogP contribution in [-0.4, -0.2) is 35.5 Å². The number of benzene rings is 4. The molecule has 1 amide bonds. The monoisotopic (exact) mass is 577 g/mol. The first-order valence-electron chi connectivity index (χ1n) is 10.8. The van der Waals surface area contributed by atoms with Gasteiger partial charge in [0, 0.05) is 11.1 Å². The Morgan fingerprint density at radius 2 is 1.51 bits per heavy atom. The van der Waals surface area contributed by atoms with E-state index in [4.69, 9.17) is 23.2 Å². The van der Waals surface area contributed by atoms with Gasteiger partial charge in [-0.05, 0) is 53.9 Å². The predicted octanol–water partition coefficient (Wildman–Crippen LogP) is 5.35. The zero-order valence-corrected chi connectivity index (χ0v) is 22.5. The fourth-order valence-corrected chi connectivity index (χ4v) is 5.83. The van der Waals surface area contributed by atoms with Crippen LogP contribution in [0.5, 0.6) is 0 Å². The van der Waals surface area contributed by atoms with Gasteiger partial charge in [0.1, 0.15) is 6.54 Å².